The van der Waals surface area contributed by atoms with Crippen LogP contribution >= 0.6 is 0 Å². The van der Waals surface area contributed by atoms with Crippen LogP contribution in [0.25, 0.3) is 0 Å². The minimum atomic E-state index is -4.34. The van der Waals surface area contributed by atoms with Crippen LogP contribution in [0, 0.1) is 0 Å². The molecule has 0 aliphatic heterocycles. The Morgan fingerprint density at radius 3 is 2.45 bits per heavy atom. The summed E-state index contributed by atoms with van der Waals surface area (Å²) < 4.78 is 39.0. The topological polar surface area (TPSA) is 28.2 Å². The number of alkyl halides is 3. The highest BCUT2D eigenvalue weighted by atomic mass is 19.4. The zero-order valence-corrected chi connectivity index (χ0v) is 12.2. The van der Waals surface area contributed by atoms with Crippen molar-refractivity contribution in [2.24, 2.45) is 0 Å². The van der Waals surface area contributed by atoms with E-state index < -0.39 is 11.7 Å². The highest BCUT2D eigenvalue weighted by Crippen LogP contribution is 2.34. The molecule has 1 atom stereocenters. The molecule has 1 heterocycles. The predicted octanol–water partition coefficient (Wildman–Crippen LogP) is 3.09. The molecule has 0 amide bonds. The molecular weight excluding hydrogens is 267 g/mol. The molecule has 0 spiro atoms. The van der Waals surface area contributed by atoms with E-state index in [0.29, 0.717) is 6.42 Å². The number of pyridine rings is 1. The normalized spacial score (nSPS) is 13.8. The van der Waals surface area contributed by atoms with Gasteiger partial charge in [0.2, 0.25) is 0 Å². The van der Waals surface area contributed by atoms with Crippen molar-refractivity contribution in [3.8, 4) is 0 Å². The molecule has 20 heavy (non-hydrogen) atoms. The summed E-state index contributed by atoms with van der Waals surface area (Å²) in [6.45, 7) is 6.63. The third-order valence-electron chi connectivity index (χ3n) is 3.51. The quantitative estimate of drug-likeness (QED) is 0.836. The fourth-order valence-electron chi connectivity index (χ4n) is 2.25. The monoisotopic (exact) mass is 289 g/mol. The average Bonchev–Trinajstić information content (AvgIpc) is 2.43. The van der Waals surface area contributed by atoms with Crippen LogP contribution in [0.5, 0.6) is 0 Å². The SMILES string of the molecule is CCN(CC)CCC(NC)c1cnccc1C(F)(F)F. The molecule has 0 saturated carbocycles. The van der Waals surface area contributed by atoms with E-state index in [1.807, 2.05) is 13.8 Å². The molecule has 0 radical (unpaired) electrons. The standard InChI is InChI=1S/C14H22F3N3/c1-4-20(5-2)9-7-13(18-3)11-10-19-8-6-12(11)14(15,16)17/h6,8,10,13,18H,4-5,7,9H2,1-3H3. The maximum Gasteiger partial charge on any atom is 0.416 e. The van der Waals surface area contributed by atoms with Crippen LogP contribution in [-0.4, -0.2) is 36.6 Å². The minimum Gasteiger partial charge on any atom is -0.313 e. The molecular formula is C14H22F3N3. The molecule has 1 rings (SSSR count). The van der Waals surface area contributed by atoms with Crippen LogP contribution in [0.3, 0.4) is 0 Å². The van der Waals surface area contributed by atoms with Gasteiger partial charge in [-0.2, -0.15) is 13.2 Å². The second kappa shape index (κ2) is 7.59. The summed E-state index contributed by atoms with van der Waals surface area (Å²) >= 11 is 0. The number of hydrogen-bond donors (Lipinski definition) is 1. The number of aromatic nitrogens is 1. The largest absolute Gasteiger partial charge is 0.416 e. The Labute approximate surface area is 118 Å². The molecule has 3 nitrogen and oxygen atoms in total. The third-order valence-corrected chi connectivity index (χ3v) is 3.51. The van der Waals surface area contributed by atoms with Gasteiger partial charge in [-0.15, -0.1) is 0 Å². The fraction of sp³-hybridized carbons (Fsp3) is 0.643. The van der Waals surface area contributed by atoms with Gasteiger partial charge in [0.1, 0.15) is 0 Å². The fourth-order valence-corrected chi connectivity index (χ4v) is 2.25. The van der Waals surface area contributed by atoms with Crippen molar-refractivity contribution >= 4 is 0 Å². The summed E-state index contributed by atoms with van der Waals surface area (Å²) in [5, 5.41) is 2.97. The Morgan fingerprint density at radius 1 is 1.30 bits per heavy atom. The van der Waals surface area contributed by atoms with Crippen molar-refractivity contribution in [1.82, 2.24) is 15.2 Å². The summed E-state index contributed by atoms with van der Waals surface area (Å²) in [5.74, 6) is 0. The first kappa shape index (κ1) is 16.9. The minimum absolute atomic E-state index is 0.217. The number of nitrogens with zero attached hydrogens (tertiary/aromatic N) is 2. The van der Waals surface area contributed by atoms with E-state index in [1.165, 1.54) is 12.4 Å². The van der Waals surface area contributed by atoms with Crippen molar-refractivity contribution in [3.63, 3.8) is 0 Å². The lowest BCUT2D eigenvalue weighted by molar-refractivity contribution is -0.138. The van der Waals surface area contributed by atoms with Crippen molar-refractivity contribution in [2.75, 3.05) is 26.7 Å². The Morgan fingerprint density at radius 2 is 1.95 bits per heavy atom. The summed E-state index contributed by atoms with van der Waals surface area (Å²) in [6.07, 6.45) is -1.23. The first-order valence-corrected chi connectivity index (χ1v) is 6.84. The Bertz CT molecular complexity index is 403. The predicted molar refractivity (Wildman–Crippen MR) is 73.4 cm³/mol. The molecule has 0 saturated heterocycles. The number of nitrogens with one attached hydrogen (secondary N) is 1. The lowest BCUT2D eigenvalue weighted by atomic mass is 9.99. The lowest BCUT2D eigenvalue weighted by Gasteiger charge is -2.24. The Kier molecular flexibility index (Phi) is 6.42. The molecule has 1 aromatic rings. The van der Waals surface area contributed by atoms with Gasteiger partial charge >= 0.3 is 6.18 Å². The Balaban J connectivity index is 2.90. The van der Waals surface area contributed by atoms with Crippen molar-refractivity contribution in [1.29, 1.82) is 0 Å². The van der Waals surface area contributed by atoms with Gasteiger partial charge in [0, 0.05) is 18.4 Å². The molecule has 0 aliphatic rings. The number of rotatable bonds is 7. The summed E-state index contributed by atoms with van der Waals surface area (Å²) in [7, 11) is 1.68. The van der Waals surface area contributed by atoms with Crippen LogP contribution < -0.4 is 5.32 Å². The maximum atomic E-state index is 13.0. The van der Waals surface area contributed by atoms with Crippen LogP contribution in [0.1, 0.15) is 37.4 Å². The van der Waals surface area contributed by atoms with Crippen molar-refractivity contribution in [2.45, 2.75) is 32.5 Å². The average molecular weight is 289 g/mol. The van der Waals surface area contributed by atoms with Crippen LogP contribution in [-0.2, 0) is 6.18 Å². The summed E-state index contributed by atoms with van der Waals surface area (Å²) in [5.41, 5.74) is -0.388. The number of hydrogen-bond acceptors (Lipinski definition) is 3. The van der Waals surface area contributed by atoms with E-state index in [1.54, 1.807) is 7.05 Å². The van der Waals surface area contributed by atoms with Crippen molar-refractivity contribution in [3.05, 3.63) is 29.6 Å². The molecule has 0 aliphatic carbocycles. The molecule has 6 heteroatoms. The van der Waals surface area contributed by atoms with Gasteiger partial charge in [-0.3, -0.25) is 4.98 Å². The van der Waals surface area contributed by atoms with E-state index in [9.17, 15) is 13.2 Å². The van der Waals surface area contributed by atoms with Crippen molar-refractivity contribution < 1.29 is 13.2 Å². The van der Waals surface area contributed by atoms with Gasteiger partial charge in [0.05, 0.1) is 5.56 Å². The van der Waals surface area contributed by atoms with Gasteiger partial charge < -0.3 is 10.2 Å². The van der Waals surface area contributed by atoms with E-state index in [2.05, 4.69) is 15.2 Å². The second-order valence-electron chi connectivity index (χ2n) is 4.62. The zero-order chi connectivity index (χ0) is 15.2. The molecule has 0 bridgehead atoms. The highest BCUT2D eigenvalue weighted by molar-refractivity contribution is 5.29. The Hall–Kier alpha value is -1.14. The summed E-state index contributed by atoms with van der Waals surface area (Å²) in [4.78, 5) is 6.03. The van der Waals surface area contributed by atoms with Gasteiger partial charge in [0.25, 0.3) is 0 Å². The van der Waals surface area contributed by atoms with Gasteiger partial charge in [-0.1, -0.05) is 13.8 Å². The molecule has 1 aromatic heterocycles. The van der Waals surface area contributed by atoms with E-state index in [0.717, 1.165) is 25.7 Å². The molecule has 114 valence electrons. The van der Waals surface area contributed by atoms with Crippen LogP contribution in [0.2, 0.25) is 0 Å². The van der Waals surface area contributed by atoms with E-state index in [4.69, 9.17) is 0 Å². The van der Waals surface area contributed by atoms with Gasteiger partial charge in [-0.05, 0) is 44.7 Å². The van der Waals surface area contributed by atoms with Gasteiger partial charge in [-0.25, -0.2) is 0 Å². The first-order chi connectivity index (χ1) is 9.43. The van der Waals surface area contributed by atoms with Crippen LogP contribution in [0.4, 0.5) is 13.2 Å². The molecule has 1 N–H and O–H groups in total. The van der Waals surface area contributed by atoms with Crippen LogP contribution in [0.15, 0.2) is 18.5 Å². The highest BCUT2D eigenvalue weighted by Gasteiger charge is 2.35. The van der Waals surface area contributed by atoms with E-state index >= 15 is 0 Å². The molecule has 1 unspecified atom stereocenters. The molecule has 0 aromatic carbocycles. The summed E-state index contributed by atoms with van der Waals surface area (Å²) in [6, 6.07) is 0.692. The second-order valence-corrected chi connectivity index (χ2v) is 4.62. The molecule has 0 fully saturated rings. The zero-order valence-electron chi connectivity index (χ0n) is 12.2. The number of halogens is 3. The van der Waals surface area contributed by atoms with E-state index in [-0.39, 0.29) is 11.6 Å². The lowest BCUT2D eigenvalue weighted by Crippen LogP contribution is -2.29. The first-order valence-electron chi connectivity index (χ1n) is 6.84. The smallest absolute Gasteiger partial charge is 0.313 e. The third kappa shape index (κ3) is 4.45. The maximum absolute atomic E-state index is 13.0. The van der Waals surface area contributed by atoms with Gasteiger partial charge in [0.15, 0.2) is 0 Å².